The number of tetrazole rings is 1. The summed E-state index contributed by atoms with van der Waals surface area (Å²) in [7, 11) is 1.47. The number of hydrogen-bond donors (Lipinski definition) is 0. The average molecular weight is 365 g/mol. The Kier molecular flexibility index (Phi) is 4.29. The van der Waals surface area contributed by atoms with E-state index in [0.29, 0.717) is 28.5 Å². The van der Waals surface area contributed by atoms with Gasteiger partial charge in [0.15, 0.2) is 0 Å². The standard InChI is InChI=1S/C19H13F2N5O/c1-27-18-11-13(6-8-15(18)14-7-5-12(20)10-16(14)21)26-24-19(23-25-26)17-4-2-3-9-22-17/h2-11H,1H3. The van der Waals surface area contributed by atoms with Crippen molar-refractivity contribution in [1.82, 2.24) is 25.2 Å². The molecule has 0 N–H and O–H groups in total. The van der Waals surface area contributed by atoms with E-state index in [2.05, 4.69) is 20.4 Å². The Balaban J connectivity index is 1.73. The zero-order valence-electron chi connectivity index (χ0n) is 14.2. The molecular formula is C19H13F2N5O. The van der Waals surface area contributed by atoms with E-state index in [4.69, 9.17) is 4.74 Å². The van der Waals surface area contributed by atoms with Crippen LogP contribution in [0.5, 0.6) is 5.75 Å². The van der Waals surface area contributed by atoms with Crippen molar-refractivity contribution in [3.8, 4) is 34.1 Å². The third-order valence-corrected chi connectivity index (χ3v) is 3.94. The molecule has 0 bridgehead atoms. The molecule has 0 aliphatic rings. The van der Waals surface area contributed by atoms with Crippen LogP contribution < -0.4 is 4.74 Å². The summed E-state index contributed by atoms with van der Waals surface area (Å²) < 4.78 is 32.7. The molecule has 134 valence electrons. The number of rotatable bonds is 4. The number of aromatic nitrogens is 5. The monoisotopic (exact) mass is 365 g/mol. The van der Waals surface area contributed by atoms with Gasteiger partial charge in [-0.3, -0.25) is 4.98 Å². The van der Waals surface area contributed by atoms with Crippen molar-refractivity contribution in [2.24, 2.45) is 0 Å². The van der Waals surface area contributed by atoms with Gasteiger partial charge >= 0.3 is 0 Å². The molecule has 8 heteroatoms. The Hall–Kier alpha value is -3.68. The highest BCUT2D eigenvalue weighted by Crippen LogP contribution is 2.33. The predicted molar refractivity (Wildman–Crippen MR) is 94.3 cm³/mol. The van der Waals surface area contributed by atoms with Crippen LogP contribution in [0.1, 0.15) is 0 Å². The second kappa shape index (κ2) is 6.91. The fourth-order valence-electron chi connectivity index (χ4n) is 2.66. The van der Waals surface area contributed by atoms with E-state index >= 15 is 0 Å². The summed E-state index contributed by atoms with van der Waals surface area (Å²) in [6.45, 7) is 0. The highest BCUT2D eigenvalue weighted by molar-refractivity contribution is 5.72. The highest BCUT2D eigenvalue weighted by Gasteiger charge is 2.14. The van der Waals surface area contributed by atoms with Crippen LogP contribution in [0, 0.1) is 11.6 Å². The number of hydrogen-bond acceptors (Lipinski definition) is 5. The molecule has 0 unspecified atom stereocenters. The van der Waals surface area contributed by atoms with Gasteiger partial charge in [0, 0.05) is 29.5 Å². The normalized spacial score (nSPS) is 10.8. The number of halogens is 2. The van der Waals surface area contributed by atoms with Gasteiger partial charge in [0.1, 0.15) is 23.1 Å². The largest absolute Gasteiger partial charge is 0.496 e. The van der Waals surface area contributed by atoms with Crippen LogP contribution in [0.4, 0.5) is 8.78 Å². The molecule has 0 spiro atoms. The molecule has 2 heterocycles. The van der Waals surface area contributed by atoms with Gasteiger partial charge < -0.3 is 4.74 Å². The second-order valence-electron chi connectivity index (χ2n) is 5.63. The van der Waals surface area contributed by atoms with Crippen LogP contribution in [0.25, 0.3) is 28.3 Å². The van der Waals surface area contributed by atoms with Crippen LogP contribution in [0.3, 0.4) is 0 Å². The van der Waals surface area contributed by atoms with Crippen LogP contribution in [0.15, 0.2) is 60.8 Å². The van der Waals surface area contributed by atoms with E-state index in [-0.39, 0.29) is 5.56 Å². The molecule has 0 saturated heterocycles. The minimum Gasteiger partial charge on any atom is -0.496 e. The molecule has 0 atom stereocenters. The molecule has 6 nitrogen and oxygen atoms in total. The summed E-state index contributed by atoms with van der Waals surface area (Å²) in [6.07, 6.45) is 1.64. The molecule has 0 fully saturated rings. The molecule has 4 aromatic rings. The zero-order chi connectivity index (χ0) is 18.8. The molecule has 2 aromatic heterocycles. The van der Waals surface area contributed by atoms with Crippen molar-refractivity contribution >= 4 is 0 Å². The minimum absolute atomic E-state index is 0.237. The number of pyridine rings is 1. The fourth-order valence-corrected chi connectivity index (χ4v) is 2.66. The van der Waals surface area contributed by atoms with E-state index < -0.39 is 11.6 Å². The lowest BCUT2D eigenvalue weighted by Gasteiger charge is -2.11. The van der Waals surface area contributed by atoms with Crippen LogP contribution in [-0.2, 0) is 0 Å². The number of nitrogens with zero attached hydrogens (tertiary/aromatic N) is 5. The summed E-state index contributed by atoms with van der Waals surface area (Å²) >= 11 is 0. The van der Waals surface area contributed by atoms with Gasteiger partial charge in [-0.05, 0) is 41.6 Å². The summed E-state index contributed by atoms with van der Waals surface area (Å²) in [5.41, 5.74) is 1.90. The summed E-state index contributed by atoms with van der Waals surface area (Å²) in [5.74, 6) is -0.531. The molecular weight excluding hydrogens is 352 g/mol. The van der Waals surface area contributed by atoms with Crippen LogP contribution in [-0.4, -0.2) is 32.3 Å². The molecule has 4 rings (SSSR count). The Morgan fingerprint density at radius 1 is 0.963 bits per heavy atom. The third kappa shape index (κ3) is 3.24. The summed E-state index contributed by atoms with van der Waals surface area (Å²) in [5, 5.41) is 12.3. The van der Waals surface area contributed by atoms with Gasteiger partial charge in [-0.1, -0.05) is 6.07 Å². The summed E-state index contributed by atoms with van der Waals surface area (Å²) in [6, 6.07) is 13.8. The van der Waals surface area contributed by atoms with E-state index in [1.54, 1.807) is 36.5 Å². The van der Waals surface area contributed by atoms with Crippen molar-refractivity contribution in [2.75, 3.05) is 7.11 Å². The van der Waals surface area contributed by atoms with E-state index in [9.17, 15) is 8.78 Å². The van der Waals surface area contributed by atoms with Gasteiger partial charge in [-0.2, -0.15) is 0 Å². The molecule has 0 aliphatic carbocycles. The van der Waals surface area contributed by atoms with Gasteiger partial charge in [-0.15, -0.1) is 15.0 Å². The summed E-state index contributed by atoms with van der Waals surface area (Å²) in [4.78, 5) is 5.52. The van der Waals surface area contributed by atoms with Gasteiger partial charge in [-0.25, -0.2) is 8.78 Å². The van der Waals surface area contributed by atoms with E-state index in [1.807, 2.05) is 6.07 Å². The first kappa shape index (κ1) is 16.8. The highest BCUT2D eigenvalue weighted by atomic mass is 19.1. The Morgan fingerprint density at radius 2 is 1.81 bits per heavy atom. The molecule has 0 saturated carbocycles. The predicted octanol–water partition coefficient (Wildman–Crippen LogP) is 3.68. The van der Waals surface area contributed by atoms with Gasteiger partial charge in [0.05, 0.1) is 12.8 Å². The van der Waals surface area contributed by atoms with Crippen molar-refractivity contribution in [1.29, 1.82) is 0 Å². The Labute approximate surface area is 153 Å². The topological polar surface area (TPSA) is 65.7 Å². The third-order valence-electron chi connectivity index (χ3n) is 3.94. The first-order valence-corrected chi connectivity index (χ1v) is 8.01. The molecule has 2 aromatic carbocycles. The molecule has 0 amide bonds. The lowest BCUT2D eigenvalue weighted by Crippen LogP contribution is -2.01. The maximum Gasteiger partial charge on any atom is 0.223 e. The SMILES string of the molecule is COc1cc(-n2nnc(-c3ccccn3)n2)ccc1-c1ccc(F)cc1F. The van der Waals surface area contributed by atoms with Crippen LogP contribution >= 0.6 is 0 Å². The maximum absolute atomic E-state index is 14.1. The lowest BCUT2D eigenvalue weighted by molar-refractivity contribution is 0.415. The van der Waals surface area contributed by atoms with Crippen LogP contribution in [0.2, 0.25) is 0 Å². The van der Waals surface area contributed by atoms with Crippen molar-refractivity contribution in [2.45, 2.75) is 0 Å². The van der Waals surface area contributed by atoms with E-state index in [0.717, 1.165) is 6.07 Å². The average Bonchev–Trinajstić information content (AvgIpc) is 3.19. The number of methoxy groups -OCH3 is 1. The maximum atomic E-state index is 14.1. The first-order chi connectivity index (χ1) is 13.2. The fraction of sp³-hybridized carbons (Fsp3) is 0.0526. The Morgan fingerprint density at radius 3 is 2.56 bits per heavy atom. The molecule has 0 aliphatic heterocycles. The Bertz CT molecular complexity index is 1100. The van der Waals surface area contributed by atoms with Crippen molar-refractivity contribution in [3.05, 3.63) is 72.4 Å². The first-order valence-electron chi connectivity index (χ1n) is 8.01. The van der Waals surface area contributed by atoms with E-state index in [1.165, 1.54) is 24.0 Å². The zero-order valence-corrected chi connectivity index (χ0v) is 14.2. The molecule has 0 radical (unpaired) electrons. The van der Waals surface area contributed by atoms with Crippen molar-refractivity contribution < 1.29 is 13.5 Å². The molecule has 27 heavy (non-hydrogen) atoms. The van der Waals surface area contributed by atoms with Crippen molar-refractivity contribution in [3.63, 3.8) is 0 Å². The van der Waals surface area contributed by atoms with Gasteiger partial charge in [0.25, 0.3) is 0 Å². The number of ether oxygens (including phenoxy) is 1. The number of benzene rings is 2. The smallest absolute Gasteiger partial charge is 0.223 e. The second-order valence-corrected chi connectivity index (χ2v) is 5.63. The minimum atomic E-state index is -0.669. The van der Waals surface area contributed by atoms with Gasteiger partial charge in [0.2, 0.25) is 5.82 Å². The quantitative estimate of drug-likeness (QED) is 0.552. The lowest BCUT2D eigenvalue weighted by atomic mass is 10.0.